The highest BCUT2D eigenvalue weighted by atomic mass is 16.5. The van der Waals surface area contributed by atoms with Crippen molar-refractivity contribution in [3.05, 3.63) is 101 Å². The van der Waals surface area contributed by atoms with E-state index < -0.39 is 17.7 Å². The van der Waals surface area contributed by atoms with Crippen LogP contribution in [-0.4, -0.2) is 52.8 Å². The smallest absolute Gasteiger partial charge is 0.295 e. The first-order valence-corrected chi connectivity index (χ1v) is 12.7. The Balaban J connectivity index is 1.81. The third-order valence-electron chi connectivity index (χ3n) is 6.89. The number of carbonyl (C=O) groups excluding carboxylic acids is 2. The van der Waals surface area contributed by atoms with Crippen LogP contribution in [0, 0.1) is 13.8 Å². The molecule has 1 aliphatic heterocycles. The second-order valence-corrected chi connectivity index (χ2v) is 9.33. The molecule has 0 aliphatic carbocycles. The molecule has 0 spiro atoms. The van der Waals surface area contributed by atoms with E-state index in [9.17, 15) is 14.7 Å². The van der Waals surface area contributed by atoms with Gasteiger partial charge in [-0.05, 0) is 68.4 Å². The Morgan fingerprint density at radius 1 is 0.919 bits per heavy atom. The van der Waals surface area contributed by atoms with Crippen LogP contribution in [0.2, 0.25) is 0 Å². The predicted octanol–water partition coefficient (Wildman–Crippen LogP) is 5.86. The van der Waals surface area contributed by atoms with E-state index in [1.165, 1.54) is 0 Å². The molecule has 1 atom stereocenters. The number of aryl methyl sites for hydroxylation is 2. The molecule has 1 N–H and O–H groups in total. The number of ketones is 1. The van der Waals surface area contributed by atoms with E-state index in [1.54, 1.807) is 4.90 Å². The number of carbonyl (C=O) groups is 2. The number of ether oxygens (including phenoxy) is 1. The van der Waals surface area contributed by atoms with Gasteiger partial charge < -0.3 is 19.6 Å². The first kappa shape index (κ1) is 26.2. The molecule has 0 bridgehead atoms. The summed E-state index contributed by atoms with van der Waals surface area (Å²) in [5.41, 5.74) is 3.16. The molecule has 1 fully saturated rings. The van der Waals surface area contributed by atoms with Crippen LogP contribution in [0.5, 0.6) is 11.5 Å². The molecule has 1 saturated heterocycles. The number of benzene rings is 3. The minimum atomic E-state index is -0.727. The Morgan fingerprint density at radius 2 is 1.62 bits per heavy atom. The topological polar surface area (TPSA) is 70.1 Å². The molecular weight excluding hydrogens is 464 g/mol. The predicted molar refractivity (Wildman–Crippen MR) is 146 cm³/mol. The summed E-state index contributed by atoms with van der Waals surface area (Å²) in [5.74, 6) is -0.143. The van der Waals surface area contributed by atoms with Crippen LogP contribution < -0.4 is 4.74 Å². The van der Waals surface area contributed by atoms with Gasteiger partial charge in [0.05, 0.1) is 11.6 Å². The fourth-order valence-electron chi connectivity index (χ4n) is 4.75. The average molecular weight is 499 g/mol. The number of hydrogen-bond acceptors (Lipinski definition) is 5. The summed E-state index contributed by atoms with van der Waals surface area (Å²) in [6, 6.07) is 21.8. The summed E-state index contributed by atoms with van der Waals surface area (Å²) in [5, 5.41) is 11.5. The zero-order valence-corrected chi connectivity index (χ0v) is 21.9. The highest BCUT2D eigenvalue weighted by molar-refractivity contribution is 6.46. The van der Waals surface area contributed by atoms with Crippen molar-refractivity contribution in [2.24, 2.45) is 0 Å². The Kier molecular flexibility index (Phi) is 8.09. The summed E-state index contributed by atoms with van der Waals surface area (Å²) in [4.78, 5) is 30.5. The minimum Gasteiger partial charge on any atom is -0.507 e. The van der Waals surface area contributed by atoms with Gasteiger partial charge in [0.15, 0.2) is 0 Å². The average Bonchev–Trinajstić information content (AvgIpc) is 3.16. The van der Waals surface area contributed by atoms with E-state index in [0.29, 0.717) is 35.7 Å². The summed E-state index contributed by atoms with van der Waals surface area (Å²) in [6.07, 6.45) is 0. The Labute approximate surface area is 218 Å². The summed E-state index contributed by atoms with van der Waals surface area (Å²) in [6.45, 7) is 10.6. The van der Waals surface area contributed by atoms with Gasteiger partial charge in [-0.25, -0.2) is 0 Å². The maximum atomic E-state index is 13.4. The highest BCUT2D eigenvalue weighted by Gasteiger charge is 2.46. The van der Waals surface area contributed by atoms with Crippen LogP contribution in [0.25, 0.3) is 5.76 Å². The molecule has 192 valence electrons. The first-order chi connectivity index (χ1) is 17.8. The molecule has 37 heavy (non-hydrogen) atoms. The van der Waals surface area contributed by atoms with Gasteiger partial charge in [0.25, 0.3) is 11.7 Å². The van der Waals surface area contributed by atoms with Gasteiger partial charge in [0.1, 0.15) is 17.3 Å². The van der Waals surface area contributed by atoms with Gasteiger partial charge in [-0.1, -0.05) is 61.9 Å². The lowest BCUT2D eigenvalue weighted by Crippen LogP contribution is -2.38. The molecule has 1 unspecified atom stereocenters. The van der Waals surface area contributed by atoms with E-state index >= 15 is 0 Å². The fourth-order valence-corrected chi connectivity index (χ4v) is 4.75. The third-order valence-corrected chi connectivity index (χ3v) is 6.89. The number of para-hydroxylation sites is 1. The van der Waals surface area contributed by atoms with Crippen molar-refractivity contribution in [1.29, 1.82) is 0 Å². The Bertz CT molecular complexity index is 1310. The zero-order chi connectivity index (χ0) is 26.5. The molecule has 1 amide bonds. The molecular formula is C31H34N2O4. The van der Waals surface area contributed by atoms with Crippen LogP contribution >= 0.6 is 0 Å². The number of amides is 1. The number of rotatable bonds is 9. The molecule has 4 rings (SSSR count). The Morgan fingerprint density at radius 3 is 2.32 bits per heavy atom. The minimum absolute atomic E-state index is 0.107. The van der Waals surface area contributed by atoms with Crippen LogP contribution in [0.4, 0.5) is 0 Å². The molecule has 6 heteroatoms. The number of likely N-dealkylation sites (N-methyl/N-ethyl adjacent to an activating group) is 1. The van der Waals surface area contributed by atoms with Crippen molar-refractivity contribution in [3.63, 3.8) is 0 Å². The molecule has 3 aromatic carbocycles. The summed E-state index contributed by atoms with van der Waals surface area (Å²) >= 11 is 0. The number of likely N-dealkylation sites (tertiary alicyclic amines) is 1. The summed E-state index contributed by atoms with van der Waals surface area (Å²) < 4.78 is 6.04. The maximum Gasteiger partial charge on any atom is 0.295 e. The van der Waals surface area contributed by atoms with Gasteiger partial charge in [-0.2, -0.15) is 0 Å². The van der Waals surface area contributed by atoms with Gasteiger partial charge in [-0.15, -0.1) is 0 Å². The van der Waals surface area contributed by atoms with E-state index in [0.717, 1.165) is 24.2 Å². The van der Waals surface area contributed by atoms with E-state index in [1.807, 2.05) is 86.6 Å². The molecule has 0 aromatic heterocycles. The number of Topliss-reactive ketones (excluding diaryl/α,β-unsaturated/α-hetero) is 1. The SMILES string of the molecule is CCN(CC)CCN1C(=O)C(=O)C(=C(O)c2cc(C)ccc2C)C1c1cccc(Oc2ccccc2)c1. The van der Waals surface area contributed by atoms with E-state index in [-0.39, 0.29) is 11.3 Å². The van der Waals surface area contributed by atoms with Crippen molar-refractivity contribution in [2.45, 2.75) is 33.7 Å². The van der Waals surface area contributed by atoms with Gasteiger partial charge in [0, 0.05) is 18.7 Å². The standard InChI is InChI=1S/C31H34N2O4/c1-5-32(6-2)17-18-33-28(23-11-10-14-25(20-23)37-24-12-8-7-9-13-24)27(30(35)31(33)36)29(34)26-19-21(3)15-16-22(26)4/h7-16,19-20,28,34H,5-6,17-18H2,1-4H3. The molecule has 0 radical (unpaired) electrons. The van der Waals surface area contributed by atoms with Crippen LogP contribution in [0.15, 0.2) is 78.4 Å². The number of aliphatic hydroxyl groups excluding tert-OH is 1. The fraction of sp³-hybridized carbons (Fsp3) is 0.290. The molecule has 6 nitrogen and oxygen atoms in total. The Hall–Kier alpha value is -3.90. The largest absolute Gasteiger partial charge is 0.507 e. The monoisotopic (exact) mass is 498 g/mol. The van der Waals surface area contributed by atoms with Crippen molar-refractivity contribution < 1.29 is 19.4 Å². The first-order valence-electron chi connectivity index (χ1n) is 12.7. The number of nitrogens with zero attached hydrogens (tertiary/aromatic N) is 2. The van der Waals surface area contributed by atoms with Crippen LogP contribution in [0.1, 0.15) is 42.1 Å². The molecule has 1 heterocycles. The van der Waals surface area contributed by atoms with Crippen LogP contribution in [-0.2, 0) is 9.59 Å². The maximum absolute atomic E-state index is 13.4. The second-order valence-electron chi connectivity index (χ2n) is 9.33. The second kappa shape index (κ2) is 11.4. The van der Waals surface area contributed by atoms with Gasteiger partial charge in [0.2, 0.25) is 0 Å². The lowest BCUT2D eigenvalue weighted by molar-refractivity contribution is -0.140. The highest BCUT2D eigenvalue weighted by Crippen LogP contribution is 2.41. The number of aliphatic hydroxyl groups is 1. The number of hydrogen-bond donors (Lipinski definition) is 1. The normalized spacial score (nSPS) is 17.0. The lowest BCUT2D eigenvalue weighted by atomic mass is 9.93. The van der Waals surface area contributed by atoms with E-state index in [4.69, 9.17) is 4.74 Å². The van der Waals surface area contributed by atoms with Gasteiger partial charge >= 0.3 is 0 Å². The zero-order valence-electron chi connectivity index (χ0n) is 21.9. The molecule has 0 saturated carbocycles. The third kappa shape index (κ3) is 5.59. The van der Waals surface area contributed by atoms with Crippen molar-refractivity contribution in [2.75, 3.05) is 26.2 Å². The molecule has 3 aromatic rings. The van der Waals surface area contributed by atoms with Crippen molar-refractivity contribution in [1.82, 2.24) is 9.80 Å². The van der Waals surface area contributed by atoms with Crippen molar-refractivity contribution >= 4 is 17.4 Å². The lowest BCUT2D eigenvalue weighted by Gasteiger charge is -2.28. The van der Waals surface area contributed by atoms with Crippen LogP contribution in [0.3, 0.4) is 0 Å². The molecule has 1 aliphatic rings. The van der Waals surface area contributed by atoms with E-state index in [2.05, 4.69) is 18.7 Å². The van der Waals surface area contributed by atoms with Crippen molar-refractivity contribution in [3.8, 4) is 11.5 Å². The van der Waals surface area contributed by atoms with Gasteiger partial charge in [-0.3, -0.25) is 9.59 Å². The summed E-state index contributed by atoms with van der Waals surface area (Å²) in [7, 11) is 0. The quantitative estimate of drug-likeness (QED) is 0.227.